The summed E-state index contributed by atoms with van der Waals surface area (Å²) in [5, 5.41) is 0. The van der Waals surface area contributed by atoms with Crippen LogP contribution in [0.5, 0.6) is 0 Å². The maximum atomic E-state index is 12.9. The van der Waals surface area contributed by atoms with Crippen LogP contribution >= 0.6 is 0 Å². The molecule has 0 fully saturated rings. The Morgan fingerprint density at radius 1 is 1.43 bits per heavy atom. The van der Waals surface area contributed by atoms with Gasteiger partial charge in [-0.2, -0.15) is 0 Å². The maximum absolute atomic E-state index is 12.9. The molecule has 2 N–H and O–H groups in total. The standard InChI is InChI=1S/C9H10FNO2S/c10-6-1-2-7-8(11)3-4-14(12,13)9(7)5-6/h1-2,5,8H,3-4,11H2. The van der Waals surface area contributed by atoms with Gasteiger partial charge in [-0.05, 0) is 24.1 Å². The number of fused-ring (bicyclic) bond motifs is 1. The van der Waals surface area contributed by atoms with Gasteiger partial charge in [-0.15, -0.1) is 0 Å². The van der Waals surface area contributed by atoms with E-state index >= 15 is 0 Å². The van der Waals surface area contributed by atoms with Crippen molar-refractivity contribution in [3.05, 3.63) is 29.6 Å². The van der Waals surface area contributed by atoms with E-state index in [2.05, 4.69) is 0 Å². The van der Waals surface area contributed by atoms with Crippen molar-refractivity contribution in [1.82, 2.24) is 0 Å². The van der Waals surface area contributed by atoms with Gasteiger partial charge in [-0.1, -0.05) is 6.07 Å². The van der Waals surface area contributed by atoms with E-state index in [4.69, 9.17) is 5.73 Å². The second-order valence-corrected chi connectivity index (χ2v) is 5.47. The Hall–Kier alpha value is -0.940. The molecule has 1 heterocycles. The molecule has 0 aliphatic carbocycles. The van der Waals surface area contributed by atoms with Gasteiger partial charge in [0, 0.05) is 6.04 Å². The van der Waals surface area contributed by atoms with Crippen LogP contribution in [-0.4, -0.2) is 14.2 Å². The minimum absolute atomic E-state index is 0.00458. The number of benzene rings is 1. The molecule has 1 aromatic carbocycles. The van der Waals surface area contributed by atoms with Gasteiger partial charge in [0.2, 0.25) is 0 Å². The molecule has 1 aliphatic rings. The van der Waals surface area contributed by atoms with Crippen molar-refractivity contribution in [2.24, 2.45) is 5.73 Å². The smallest absolute Gasteiger partial charge is 0.178 e. The van der Waals surface area contributed by atoms with Gasteiger partial charge in [0.25, 0.3) is 0 Å². The number of halogens is 1. The van der Waals surface area contributed by atoms with Gasteiger partial charge in [-0.3, -0.25) is 0 Å². The summed E-state index contributed by atoms with van der Waals surface area (Å²) >= 11 is 0. The molecule has 2 rings (SSSR count). The quantitative estimate of drug-likeness (QED) is 0.702. The first-order valence-corrected chi connectivity index (χ1v) is 5.94. The van der Waals surface area contributed by atoms with Crippen LogP contribution in [0.2, 0.25) is 0 Å². The molecule has 1 atom stereocenters. The third-order valence-corrected chi connectivity index (χ3v) is 4.20. The fraction of sp³-hybridized carbons (Fsp3) is 0.333. The zero-order valence-corrected chi connectivity index (χ0v) is 8.22. The summed E-state index contributed by atoms with van der Waals surface area (Å²) in [5.41, 5.74) is 6.26. The van der Waals surface area contributed by atoms with Gasteiger partial charge < -0.3 is 5.73 Å². The summed E-state index contributed by atoms with van der Waals surface area (Å²) in [7, 11) is -3.32. The Labute approximate surface area is 81.7 Å². The average molecular weight is 215 g/mol. The molecule has 0 spiro atoms. The second kappa shape index (κ2) is 3.03. The zero-order valence-electron chi connectivity index (χ0n) is 7.40. The van der Waals surface area contributed by atoms with Crippen LogP contribution in [0, 0.1) is 5.82 Å². The molecule has 0 bridgehead atoms. The minimum atomic E-state index is -3.32. The fourth-order valence-corrected chi connectivity index (χ4v) is 3.29. The van der Waals surface area contributed by atoms with E-state index in [0.29, 0.717) is 12.0 Å². The van der Waals surface area contributed by atoms with Crippen LogP contribution in [0.1, 0.15) is 18.0 Å². The van der Waals surface area contributed by atoms with Gasteiger partial charge in [0.15, 0.2) is 9.84 Å². The lowest BCUT2D eigenvalue weighted by Crippen LogP contribution is -2.25. The molecule has 14 heavy (non-hydrogen) atoms. The van der Waals surface area contributed by atoms with Crippen molar-refractivity contribution in [1.29, 1.82) is 0 Å². The van der Waals surface area contributed by atoms with Crippen LogP contribution in [0.3, 0.4) is 0 Å². The van der Waals surface area contributed by atoms with E-state index in [1.165, 1.54) is 12.1 Å². The molecular weight excluding hydrogens is 205 g/mol. The number of sulfone groups is 1. The minimum Gasteiger partial charge on any atom is -0.324 e. The van der Waals surface area contributed by atoms with Crippen molar-refractivity contribution in [2.45, 2.75) is 17.4 Å². The molecule has 0 amide bonds. The molecule has 0 saturated heterocycles. The molecule has 1 unspecified atom stereocenters. The highest BCUT2D eigenvalue weighted by molar-refractivity contribution is 7.91. The topological polar surface area (TPSA) is 60.2 Å². The second-order valence-electron chi connectivity index (χ2n) is 3.40. The van der Waals surface area contributed by atoms with Gasteiger partial charge in [-0.25, -0.2) is 12.8 Å². The van der Waals surface area contributed by atoms with Crippen LogP contribution in [0.4, 0.5) is 4.39 Å². The highest BCUT2D eigenvalue weighted by Crippen LogP contribution is 2.30. The first-order chi connectivity index (χ1) is 6.50. The Balaban J connectivity index is 2.70. The van der Waals surface area contributed by atoms with E-state index < -0.39 is 15.7 Å². The predicted molar refractivity (Wildman–Crippen MR) is 50.0 cm³/mol. The van der Waals surface area contributed by atoms with E-state index in [-0.39, 0.29) is 16.7 Å². The Bertz CT molecular complexity index is 470. The van der Waals surface area contributed by atoms with Crippen molar-refractivity contribution in [2.75, 3.05) is 5.75 Å². The molecule has 5 heteroatoms. The highest BCUT2D eigenvalue weighted by Gasteiger charge is 2.28. The van der Waals surface area contributed by atoms with E-state index in [9.17, 15) is 12.8 Å². The third kappa shape index (κ3) is 1.42. The van der Waals surface area contributed by atoms with E-state index in [1.807, 2.05) is 0 Å². The monoisotopic (exact) mass is 215 g/mol. The first-order valence-electron chi connectivity index (χ1n) is 4.28. The van der Waals surface area contributed by atoms with Crippen LogP contribution in [0.15, 0.2) is 23.1 Å². The van der Waals surface area contributed by atoms with Crippen molar-refractivity contribution in [3.8, 4) is 0 Å². The molecule has 0 radical (unpaired) electrons. The Kier molecular flexibility index (Phi) is 2.08. The molecule has 0 saturated carbocycles. The molecule has 3 nitrogen and oxygen atoms in total. The van der Waals surface area contributed by atoms with Gasteiger partial charge >= 0.3 is 0 Å². The van der Waals surface area contributed by atoms with Crippen LogP contribution in [-0.2, 0) is 9.84 Å². The normalized spacial score (nSPS) is 24.3. The van der Waals surface area contributed by atoms with Crippen molar-refractivity contribution >= 4 is 9.84 Å². The number of nitrogens with two attached hydrogens (primary N) is 1. The Morgan fingerprint density at radius 3 is 2.86 bits per heavy atom. The number of hydrogen-bond donors (Lipinski definition) is 1. The summed E-state index contributed by atoms with van der Waals surface area (Å²) in [6, 6.07) is 3.43. The lowest BCUT2D eigenvalue weighted by atomic mass is 10.1. The highest BCUT2D eigenvalue weighted by atomic mass is 32.2. The molecule has 1 aliphatic heterocycles. The number of rotatable bonds is 0. The summed E-state index contributed by atoms with van der Waals surface area (Å²) in [6.45, 7) is 0. The third-order valence-electron chi connectivity index (χ3n) is 2.41. The first kappa shape index (κ1) is 9.61. The fourth-order valence-electron chi connectivity index (χ4n) is 1.63. The molecule has 76 valence electrons. The van der Waals surface area contributed by atoms with E-state index in [0.717, 1.165) is 6.07 Å². The summed E-state index contributed by atoms with van der Waals surface area (Å²) in [4.78, 5) is 0.0521. The van der Waals surface area contributed by atoms with Gasteiger partial charge in [0.05, 0.1) is 10.6 Å². The molecular formula is C9H10FNO2S. The van der Waals surface area contributed by atoms with Crippen molar-refractivity contribution < 1.29 is 12.8 Å². The average Bonchev–Trinajstić information content (AvgIpc) is 2.12. The lowest BCUT2D eigenvalue weighted by molar-refractivity contribution is 0.561. The summed E-state index contributed by atoms with van der Waals surface area (Å²) in [6.07, 6.45) is 0.404. The van der Waals surface area contributed by atoms with Crippen LogP contribution < -0.4 is 5.73 Å². The lowest BCUT2D eigenvalue weighted by Gasteiger charge is -2.21. The Morgan fingerprint density at radius 2 is 2.14 bits per heavy atom. The molecule has 1 aromatic rings. The van der Waals surface area contributed by atoms with Gasteiger partial charge in [0.1, 0.15) is 5.82 Å². The van der Waals surface area contributed by atoms with Crippen molar-refractivity contribution in [3.63, 3.8) is 0 Å². The molecule has 0 aromatic heterocycles. The zero-order chi connectivity index (χ0) is 10.3. The SMILES string of the molecule is NC1CCS(=O)(=O)c2cc(F)ccc21. The predicted octanol–water partition coefficient (Wildman–Crippen LogP) is 1.00. The van der Waals surface area contributed by atoms with Crippen LogP contribution in [0.25, 0.3) is 0 Å². The largest absolute Gasteiger partial charge is 0.324 e. The maximum Gasteiger partial charge on any atom is 0.178 e. The number of hydrogen-bond acceptors (Lipinski definition) is 3. The van der Waals surface area contributed by atoms with E-state index in [1.54, 1.807) is 0 Å². The summed E-state index contributed by atoms with van der Waals surface area (Å²) in [5.74, 6) is -0.536. The summed E-state index contributed by atoms with van der Waals surface area (Å²) < 4.78 is 36.0.